The van der Waals surface area contributed by atoms with Crippen LogP contribution in [0.4, 0.5) is 11.4 Å². The zero-order valence-corrected chi connectivity index (χ0v) is 17.5. The first-order chi connectivity index (χ1) is 13.7. The minimum absolute atomic E-state index is 0.494. The summed E-state index contributed by atoms with van der Waals surface area (Å²) in [6.45, 7) is 12.6. The molecule has 4 saturated heterocycles. The Labute approximate surface area is 169 Å². The van der Waals surface area contributed by atoms with Crippen molar-refractivity contribution in [3.63, 3.8) is 0 Å². The largest absolute Gasteiger partial charge is 0.369 e. The van der Waals surface area contributed by atoms with E-state index in [1.807, 2.05) is 0 Å². The molecule has 1 aromatic rings. The Morgan fingerprint density at radius 2 is 1.61 bits per heavy atom. The number of anilines is 2. The van der Waals surface area contributed by atoms with Gasteiger partial charge in [-0.3, -0.25) is 10.2 Å². The van der Waals surface area contributed by atoms with Crippen molar-refractivity contribution in [3.8, 4) is 0 Å². The average molecular weight is 385 g/mol. The number of hydrogen-bond acceptors (Lipinski definition) is 6. The van der Waals surface area contributed by atoms with Gasteiger partial charge in [0.2, 0.25) is 0 Å². The van der Waals surface area contributed by atoms with Crippen LogP contribution in [0.1, 0.15) is 13.3 Å². The van der Waals surface area contributed by atoms with Gasteiger partial charge < -0.3 is 20.0 Å². The molecule has 4 aliphatic rings. The van der Waals surface area contributed by atoms with Gasteiger partial charge in [0.25, 0.3) is 0 Å². The first kappa shape index (κ1) is 18.7. The number of piperazine rings is 2. The normalized spacial score (nSPS) is 34.8. The lowest BCUT2D eigenvalue weighted by atomic mass is 10.0. The molecule has 3 unspecified atom stereocenters. The van der Waals surface area contributed by atoms with Gasteiger partial charge in [-0.25, -0.2) is 0 Å². The molecule has 6 heteroatoms. The van der Waals surface area contributed by atoms with Gasteiger partial charge in [0.05, 0.1) is 6.17 Å². The summed E-state index contributed by atoms with van der Waals surface area (Å²) < 4.78 is 0. The van der Waals surface area contributed by atoms with E-state index in [-0.39, 0.29) is 0 Å². The van der Waals surface area contributed by atoms with Crippen molar-refractivity contribution in [2.75, 3.05) is 75.8 Å². The number of rotatable bonds is 3. The van der Waals surface area contributed by atoms with E-state index in [9.17, 15) is 0 Å². The molecule has 6 nitrogen and oxygen atoms in total. The van der Waals surface area contributed by atoms with Crippen LogP contribution in [0.3, 0.4) is 0 Å². The lowest BCUT2D eigenvalue weighted by Crippen LogP contribution is -2.63. The number of benzene rings is 1. The third-order valence-electron chi connectivity index (χ3n) is 7.35. The Bertz CT molecular complexity index is 647. The maximum absolute atomic E-state index is 3.69. The van der Waals surface area contributed by atoms with Gasteiger partial charge in [-0.15, -0.1) is 0 Å². The van der Waals surface area contributed by atoms with Crippen LogP contribution < -0.4 is 20.4 Å². The van der Waals surface area contributed by atoms with Gasteiger partial charge >= 0.3 is 0 Å². The van der Waals surface area contributed by atoms with E-state index in [0.29, 0.717) is 12.2 Å². The molecule has 0 spiro atoms. The van der Waals surface area contributed by atoms with Crippen molar-refractivity contribution < 1.29 is 0 Å². The topological polar surface area (TPSA) is 37.0 Å². The molecule has 0 bridgehead atoms. The molecule has 4 heterocycles. The van der Waals surface area contributed by atoms with E-state index < -0.39 is 0 Å². The molecular formula is C22H36N6. The maximum atomic E-state index is 3.69. The van der Waals surface area contributed by atoms with Gasteiger partial charge in [-0.1, -0.05) is 0 Å². The Hall–Kier alpha value is -1.34. The first-order valence-corrected chi connectivity index (χ1v) is 11.2. The van der Waals surface area contributed by atoms with Crippen LogP contribution in [-0.4, -0.2) is 94.0 Å². The third-order valence-corrected chi connectivity index (χ3v) is 7.35. The van der Waals surface area contributed by atoms with E-state index in [4.69, 9.17) is 0 Å². The van der Waals surface area contributed by atoms with Crippen molar-refractivity contribution in [2.45, 2.75) is 31.6 Å². The summed E-state index contributed by atoms with van der Waals surface area (Å²) in [4.78, 5) is 10.3. The van der Waals surface area contributed by atoms with E-state index in [1.165, 1.54) is 37.4 Å². The number of likely N-dealkylation sites (tertiary alicyclic amines) is 1. The zero-order valence-electron chi connectivity index (χ0n) is 17.5. The van der Waals surface area contributed by atoms with Crippen LogP contribution >= 0.6 is 0 Å². The Balaban J connectivity index is 1.17. The van der Waals surface area contributed by atoms with E-state index >= 15 is 0 Å². The van der Waals surface area contributed by atoms with Crippen LogP contribution in [0, 0.1) is 5.92 Å². The highest BCUT2D eigenvalue weighted by molar-refractivity contribution is 5.58. The van der Waals surface area contributed by atoms with Gasteiger partial charge in [0.1, 0.15) is 0 Å². The van der Waals surface area contributed by atoms with Crippen LogP contribution in [0.15, 0.2) is 24.3 Å². The number of nitrogens with one attached hydrogen (secondary N) is 2. The predicted molar refractivity (Wildman–Crippen MR) is 116 cm³/mol. The van der Waals surface area contributed by atoms with E-state index in [1.54, 1.807) is 0 Å². The average Bonchev–Trinajstić information content (AvgIpc) is 3.28. The summed E-state index contributed by atoms with van der Waals surface area (Å²) in [5, 5.41) is 7.29. The van der Waals surface area contributed by atoms with Gasteiger partial charge in [0, 0.05) is 82.4 Å². The standard InChI is InChI=1S/C22H36N6/c1-17-13-24-22(14-23-17)27-11-9-26(10-12-27)19-3-5-20(6-4-19)28-8-7-18-15-25(2)16-21(18)28/h3-6,17-18,21-24H,7-16H2,1-2H3/t17?,18?,21-,22?/m0/s1. The Kier molecular flexibility index (Phi) is 5.22. The molecule has 0 radical (unpaired) electrons. The molecule has 0 aliphatic carbocycles. The second kappa shape index (κ2) is 7.82. The second-order valence-corrected chi connectivity index (χ2v) is 9.30. The number of likely N-dealkylation sites (N-methyl/N-ethyl adjacent to an activating group) is 1. The molecule has 4 atom stereocenters. The van der Waals surface area contributed by atoms with Gasteiger partial charge in [-0.2, -0.15) is 0 Å². The molecule has 4 aliphatic heterocycles. The number of nitrogens with zero attached hydrogens (tertiary/aromatic N) is 4. The Morgan fingerprint density at radius 1 is 0.857 bits per heavy atom. The molecule has 28 heavy (non-hydrogen) atoms. The molecule has 0 amide bonds. The van der Waals surface area contributed by atoms with Crippen LogP contribution in [0.5, 0.6) is 0 Å². The summed E-state index contributed by atoms with van der Waals surface area (Å²) in [6, 6.07) is 10.7. The van der Waals surface area contributed by atoms with Gasteiger partial charge in [0.15, 0.2) is 0 Å². The van der Waals surface area contributed by atoms with Crippen molar-refractivity contribution in [1.82, 2.24) is 20.4 Å². The van der Waals surface area contributed by atoms with Crippen LogP contribution in [0.2, 0.25) is 0 Å². The highest BCUT2D eigenvalue weighted by Crippen LogP contribution is 2.35. The minimum atomic E-state index is 0.494. The first-order valence-electron chi connectivity index (χ1n) is 11.2. The second-order valence-electron chi connectivity index (χ2n) is 9.30. The molecule has 154 valence electrons. The molecule has 1 aromatic carbocycles. The lowest BCUT2D eigenvalue weighted by Gasteiger charge is -2.43. The predicted octanol–water partition coefficient (Wildman–Crippen LogP) is 0.856. The van der Waals surface area contributed by atoms with Crippen LogP contribution in [0.25, 0.3) is 0 Å². The molecule has 4 fully saturated rings. The van der Waals surface area contributed by atoms with Crippen molar-refractivity contribution in [1.29, 1.82) is 0 Å². The fourth-order valence-electron chi connectivity index (χ4n) is 5.67. The lowest BCUT2D eigenvalue weighted by molar-refractivity contribution is 0.129. The molecule has 2 N–H and O–H groups in total. The molecular weight excluding hydrogens is 348 g/mol. The van der Waals surface area contributed by atoms with Crippen molar-refractivity contribution in [3.05, 3.63) is 24.3 Å². The molecule has 0 aromatic heterocycles. The molecule has 5 rings (SSSR count). The fourth-order valence-corrected chi connectivity index (χ4v) is 5.67. The SMILES string of the molecule is CC1CNC(N2CCN(c3ccc(N4CCC5CN(C)C[C@@H]54)cc3)CC2)CN1. The van der Waals surface area contributed by atoms with E-state index in [2.05, 4.69) is 68.5 Å². The quantitative estimate of drug-likeness (QED) is 0.805. The molecule has 0 saturated carbocycles. The summed E-state index contributed by atoms with van der Waals surface area (Å²) in [6.07, 6.45) is 1.84. The summed E-state index contributed by atoms with van der Waals surface area (Å²) in [7, 11) is 2.26. The van der Waals surface area contributed by atoms with Crippen molar-refractivity contribution in [2.24, 2.45) is 5.92 Å². The maximum Gasteiger partial charge on any atom is 0.0727 e. The van der Waals surface area contributed by atoms with E-state index in [0.717, 1.165) is 51.2 Å². The number of hydrogen-bond donors (Lipinski definition) is 2. The Morgan fingerprint density at radius 3 is 2.32 bits per heavy atom. The summed E-state index contributed by atoms with van der Waals surface area (Å²) in [5.41, 5.74) is 2.79. The monoisotopic (exact) mass is 384 g/mol. The van der Waals surface area contributed by atoms with Crippen molar-refractivity contribution >= 4 is 11.4 Å². The minimum Gasteiger partial charge on any atom is -0.369 e. The number of fused-ring (bicyclic) bond motifs is 1. The third kappa shape index (κ3) is 3.63. The summed E-state index contributed by atoms with van der Waals surface area (Å²) in [5.74, 6) is 0.864. The van der Waals surface area contributed by atoms with Gasteiger partial charge in [-0.05, 0) is 50.6 Å². The smallest absolute Gasteiger partial charge is 0.0727 e. The zero-order chi connectivity index (χ0) is 19.1. The fraction of sp³-hybridized carbons (Fsp3) is 0.727. The van der Waals surface area contributed by atoms with Crippen LogP contribution in [-0.2, 0) is 0 Å². The summed E-state index contributed by atoms with van der Waals surface area (Å²) >= 11 is 0. The highest BCUT2D eigenvalue weighted by Gasteiger charge is 2.40. The highest BCUT2D eigenvalue weighted by atomic mass is 15.4.